The molecule has 0 aliphatic rings. The van der Waals surface area contributed by atoms with Crippen molar-refractivity contribution in [2.45, 2.75) is 50.9 Å². The van der Waals surface area contributed by atoms with E-state index in [-0.39, 0.29) is 11.8 Å². The number of rotatable bonds is 11. The third-order valence-electron chi connectivity index (χ3n) is 4.54. The maximum Gasteiger partial charge on any atom is 0.231 e. The molecule has 0 fully saturated rings. The Bertz CT molecular complexity index is 684. The number of allylic oxidation sites excluding steroid dienone is 1. The highest BCUT2D eigenvalue weighted by Gasteiger charge is 2.22. The fourth-order valence-electron chi connectivity index (χ4n) is 3.10. The Morgan fingerprint density at radius 2 is 1.62 bits per heavy atom. The smallest absolute Gasteiger partial charge is 0.231 e. The number of nitrogens with one attached hydrogen (secondary N) is 1. The number of anilines is 1. The van der Waals surface area contributed by atoms with Crippen LogP contribution in [0.3, 0.4) is 0 Å². The van der Waals surface area contributed by atoms with Crippen molar-refractivity contribution >= 4 is 23.2 Å². The van der Waals surface area contributed by atoms with Gasteiger partial charge in [0.25, 0.3) is 0 Å². The van der Waals surface area contributed by atoms with E-state index < -0.39 is 0 Å². The SMILES string of the molecule is C=CCCCCCCCC(C(=O)Nc1ccccc1)c1ccccc1Cl. The van der Waals surface area contributed by atoms with Crippen LogP contribution in [0.1, 0.15) is 56.4 Å². The molecule has 1 amide bonds. The second-order valence-electron chi connectivity index (χ2n) is 6.56. The molecule has 0 bridgehead atoms. The molecule has 2 rings (SSSR count). The fraction of sp³-hybridized carbons (Fsp3) is 0.348. The summed E-state index contributed by atoms with van der Waals surface area (Å²) in [7, 11) is 0. The predicted octanol–water partition coefficient (Wildman–Crippen LogP) is 6.98. The van der Waals surface area contributed by atoms with Crippen molar-refractivity contribution in [2.75, 3.05) is 5.32 Å². The van der Waals surface area contributed by atoms with Crippen LogP contribution in [0.25, 0.3) is 0 Å². The molecule has 26 heavy (non-hydrogen) atoms. The number of unbranched alkanes of at least 4 members (excludes halogenated alkanes) is 5. The lowest BCUT2D eigenvalue weighted by Crippen LogP contribution is -2.21. The lowest BCUT2D eigenvalue weighted by Gasteiger charge is -2.18. The molecule has 2 aromatic rings. The summed E-state index contributed by atoms with van der Waals surface area (Å²) in [4.78, 5) is 12.9. The van der Waals surface area contributed by atoms with Gasteiger partial charge in [-0.3, -0.25) is 4.79 Å². The van der Waals surface area contributed by atoms with Crippen molar-refractivity contribution in [3.05, 3.63) is 77.8 Å². The Balaban J connectivity index is 1.97. The summed E-state index contributed by atoms with van der Waals surface area (Å²) in [5.41, 5.74) is 1.73. The molecule has 0 radical (unpaired) electrons. The standard InChI is InChI=1S/C23H28ClNO/c1-2-3-4-5-6-7-11-17-21(20-16-12-13-18-22(20)24)23(26)25-19-14-9-8-10-15-19/h2,8-10,12-16,18,21H,1,3-7,11,17H2,(H,25,26). The Hall–Kier alpha value is -2.06. The predicted molar refractivity (Wildman–Crippen MR) is 112 cm³/mol. The summed E-state index contributed by atoms with van der Waals surface area (Å²) in [5, 5.41) is 3.69. The third-order valence-corrected chi connectivity index (χ3v) is 4.88. The molecule has 2 nitrogen and oxygen atoms in total. The molecule has 138 valence electrons. The van der Waals surface area contributed by atoms with E-state index in [1.54, 1.807) is 0 Å². The van der Waals surface area contributed by atoms with Crippen LogP contribution in [0, 0.1) is 0 Å². The average Bonchev–Trinajstić information content (AvgIpc) is 2.66. The first-order valence-electron chi connectivity index (χ1n) is 9.43. The second kappa shape index (κ2) is 11.5. The van der Waals surface area contributed by atoms with E-state index in [2.05, 4.69) is 11.9 Å². The van der Waals surface area contributed by atoms with Crippen LogP contribution >= 0.6 is 11.6 Å². The highest BCUT2D eigenvalue weighted by atomic mass is 35.5. The summed E-state index contributed by atoms with van der Waals surface area (Å²) in [6.45, 7) is 3.76. The molecule has 0 aliphatic heterocycles. The summed E-state index contributed by atoms with van der Waals surface area (Å²) < 4.78 is 0. The molecule has 0 saturated heterocycles. The van der Waals surface area contributed by atoms with Gasteiger partial charge in [0.15, 0.2) is 0 Å². The molecule has 0 saturated carbocycles. The lowest BCUT2D eigenvalue weighted by atomic mass is 9.91. The van der Waals surface area contributed by atoms with Gasteiger partial charge in [0.2, 0.25) is 5.91 Å². The minimum atomic E-state index is -0.225. The number of hydrogen-bond donors (Lipinski definition) is 1. The van der Waals surface area contributed by atoms with Crippen LogP contribution in [-0.2, 0) is 4.79 Å². The molecular weight excluding hydrogens is 342 g/mol. The molecular formula is C23H28ClNO. The summed E-state index contributed by atoms with van der Waals surface area (Å²) >= 11 is 6.37. The molecule has 0 aromatic heterocycles. The Labute approximate surface area is 162 Å². The van der Waals surface area contributed by atoms with Crippen molar-refractivity contribution < 1.29 is 4.79 Å². The van der Waals surface area contributed by atoms with Crippen LogP contribution < -0.4 is 5.32 Å². The van der Waals surface area contributed by atoms with E-state index in [9.17, 15) is 4.79 Å². The van der Waals surface area contributed by atoms with Crippen LogP contribution in [0.2, 0.25) is 5.02 Å². The summed E-state index contributed by atoms with van der Waals surface area (Å²) in [5.74, 6) is -0.215. The van der Waals surface area contributed by atoms with Gasteiger partial charge in [-0.25, -0.2) is 0 Å². The Kier molecular flexibility index (Phi) is 8.99. The van der Waals surface area contributed by atoms with E-state index in [1.807, 2.05) is 60.7 Å². The highest BCUT2D eigenvalue weighted by Crippen LogP contribution is 2.30. The van der Waals surface area contributed by atoms with Gasteiger partial charge in [0.1, 0.15) is 0 Å². The Morgan fingerprint density at radius 3 is 2.35 bits per heavy atom. The minimum absolute atomic E-state index is 0.0101. The highest BCUT2D eigenvalue weighted by molar-refractivity contribution is 6.31. The maximum absolute atomic E-state index is 12.9. The monoisotopic (exact) mass is 369 g/mol. The molecule has 3 heteroatoms. The van der Waals surface area contributed by atoms with E-state index >= 15 is 0 Å². The van der Waals surface area contributed by atoms with Gasteiger partial charge in [-0.15, -0.1) is 6.58 Å². The minimum Gasteiger partial charge on any atom is -0.326 e. The largest absolute Gasteiger partial charge is 0.326 e. The van der Waals surface area contributed by atoms with Gasteiger partial charge in [0.05, 0.1) is 5.92 Å². The molecule has 1 atom stereocenters. The molecule has 0 heterocycles. The molecule has 0 aliphatic carbocycles. The van der Waals surface area contributed by atoms with E-state index in [0.717, 1.165) is 36.9 Å². The van der Waals surface area contributed by atoms with Gasteiger partial charge in [-0.2, -0.15) is 0 Å². The fourth-order valence-corrected chi connectivity index (χ4v) is 3.37. The van der Waals surface area contributed by atoms with Crippen molar-refractivity contribution in [2.24, 2.45) is 0 Å². The second-order valence-corrected chi connectivity index (χ2v) is 6.97. The number of para-hydroxylation sites is 1. The molecule has 1 unspecified atom stereocenters. The molecule has 2 aromatic carbocycles. The van der Waals surface area contributed by atoms with Gasteiger partial charge >= 0.3 is 0 Å². The third kappa shape index (κ3) is 6.68. The van der Waals surface area contributed by atoms with Gasteiger partial charge in [-0.05, 0) is 43.0 Å². The topological polar surface area (TPSA) is 29.1 Å². The van der Waals surface area contributed by atoms with Crippen molar-refractivity contribution in [1.29, 1.82) is 0 Å². The van der Waals surface area contributed by atoms with Crippen LogP contribution in [0.15, 0.2) is 67.3 Å². The number of hydrogen-bond acceptors (Lipinski definition) is 1. The van der Waals surface area contributed by atoms with Crippen molar-refractivity contribution in [1.82, 2.24) is 0 Å². The van der Waals surface area contributed by atoms with Crippen LogP contribution in [0.4, 0.5) is 5.69 Å². The zero-order valence-electron chi connectivity index (χ0n) is 15.3. The van der Waals surface area contributed by atoms with Crippen LogP contribution in [-0.4, -0.2) is 5.91 Å². The first kappa shape index (κ1) is 20.3. The van der Waals surface area contributed by atoms with Gasteiger partial charge in [-0.1, -0.05) is 79.8 Å². The van der Waals surface area contributed by atoms with Gasteiger partial charge < -0.3 is 5.32 Å². The lowest BCUT2D eigenvalue weighted by molar-refractivity contribution is -0.117. The molecule has 1 N–H and O–H groups in total. The maximum atomic E-state index is 12.9. The first-order valence-corrected chi connectivity index (χ1v) is 9.81. The zero-order valence-corrected chi connectivity index (χ0v) is 16.0. The summed E-state index contributed by atoms with van der Waals surface area (Å²) in [6.07, 6.45) is 9.64. The normalized spacial score (nSPS) is 11.7. The van der Waals surface area contributed by atoms with Crippen LogP contribution in [0.5, 0.6) is 0 Å². The van der Waals surface area contributed by atoms with E-state index in [0.29, 0.717) is 5.02 Å². The van der Waals surface area contributed by atoms with E-state index in [4.69, 9.17) is 11.6 Å². The number of carbonyl (C=O) groups is 1. The number of amides is 1. The quantitative estimate of drug-likeness (QED) is 0.336. The zero-order chi connectivity index (χ0) is 18.6. The average molecular weight is 370 g/mol. The number of carbonyl (C=O) groups excluding carboxylic acids is 1. The first-order chi connectivity index (χ1) is 12.7. The molecule has 0 spiro atoms. The van der Waals surface area contributed by atoms with Crippen molar-refractivity contribution in [3.63, 3.8) is 0 Å². The number of halogens is 1. The number of benzene rings is 2. The summed E-state index contributed by atoms with van der Waals surface area (Å²) in [6, 6.07) is 17.2. The van der Waals surface area contributed by atoms with Gasteiger partial charge in [0, 0.05) is 10.7 Å². The Morgan fingerprint density at radius 1 is 0.962 bits per heavy atom. The van der Waals surface area contributed by atoms with Crippen molar-refractivity contribution in [3.8, 4) is 0 Å². The van der Waals surface area contributed by atoms with E-state index in [1.165, 1.54) is 19.3 Å².